The van der Waals surface area contributed by atoms with E-state index in [1.54, 1.807) is 11.3 Å². The highest BCUT2D eigenvalue weighted by Crippen LogP contribution is 2.23. The predicted molar refractivity (Wildman–Crippen MR) is 115 cm³/mol. The fourth-order valence-electron chi connectivity index (χ4n) is 3.40. The highest BCUT2D eigenvalue weighted by Gasteiger charge is 2.22. The van der Waals surface area contributed by atoms with Crippen molar-refractivity contribution in [2.24, 2.45) is 0 Å². The Kier molecular flexibility index (Phi) is 6.05. The van der Waals surface area contributed by atoms with Crippen molar-refractivity contribution in [2.45, 2.75) is 13.3 Å². The summed E-state index contributed by atoms with van der Waals surface area (Å²) in [5.74, 6) is 1.67. The number of aryl methyl sites for hydroxylation is 1. The summed E-state index contributed by atoms with van der Waals surface area (Å²) < 4.78 is 5.78. The molecule has 0 atom stereocenters. The van der Waals surface area contributed by atoms with Crippen molar-refractivity contribution in [3.63, 3.8) is 0 Å². The van der Waals surface area contributed by atoms with E-state index in [4.69, 9.17) is 4.74 Å². The average molecular weight is 409 g/mol. The third-order valence-corrected chi connectivity index (χ3v) is 5.98. The molecule has 1 amide bonds. The second-order valence-electron chi connectivity index (χ2n) is 6.87. The number of carbonyl (C=O) groups is 1. The Morgan fingerprint density at radius 2 is 1.86 bits per heavy atom. The lowest BCUT2D eigenvalue weighted by atomic mass is 10.1. The second kappa shape index (κ2) is 9.05. The van der Waals surface area contributed by atoms with Gasteiger partial charge in [-0.15, -0.1) is 21.5 Å². The van der Waals surface area contributed by atoms with Crippen LogP contribution in [0.2, 0.25) is 0 Å². The number of rotatable bonds is 6. The van der Waals surface area contributed by atoms with E-state index >= 15 is 0 Å². The molecule has 0 unspecified atom stereocenters. The van der Waals surface area contributed by atoms with Gasteiger partial charge in [-0.05, 0) is 41.6 Å². The topological polar surface area (TPSA) is 58.6 Å². The molecule has 2 aromatic heterocycles. The first-order valence-corrected chi connectivity index (χ1v) is 10.7. The lowest BCUT2D eigenvalue weighted by molar-refractivity contribution is -0.133. The number of aromatic nitrogens is 2. The molecule has 7 heteroatoms. The van der Waals surface area contributed by atoms with Gasteiger partial charge in [0.15, 0.2) is 12.4 Å². The monoisotopic (exact) mass is 408 g/mol. The van der Waals surface area contributed by atoms with Crippen molar-refractivity contribution in [1.82, 2.24) is 15.1 Å². The number of benzene rings is 1. The van der Waals surface area contributed by atoms with E-state index in [0.29, 0.717) is 13.1 Å². The molecule has 0 aliphatic carbocycles. The summed E-state index contributed by atoms with van der Waals surface area (Å²) in [5, 5.41) is 10.8. The molecule has 0 saturated carbocycles. The SMILES string of the molecule is CCc1ccccc1OCC(=O)N1CCN(c2ccc(-c3cccs3)nn2)CC1. The van der Waals surface area contributed by atoms with Gasteiger partial charge in [-0.3, -0.25) is 4.79 Å². The van der Waals surface area contributed by atoms with Crippen LogP contribution in [0, 0.1) is 0 Å². The maximum absolute atomic E-state index is 12.5. The maximum Gasteiger partial charge on any atom is 0.260 e. The first-order chi connectivity index (χ1) is 14.2. The van der Waals surface area contributed by atoms with Gasteiger partial charge in [-0.2, -0.15) is 0 Å². The number of para-hydroxylation sites is 1. The van der Waals surface area contributed by atoms with E-state index in [-0.39, 0.29) is 12.5 Å². The Morgan fingerprint density at radius 3 is 2.55 bits per heavy atom. The van der Waals surface area contributed by atoms with Gasteiger partial charge in [-0.1, -0.05) is 31.2 Å². The molecule has 3 heterocycles. The smallest absolute Gasteiger partial charge is 0.260 e. The van der Waals surface area contributed by atoms with Gasteiger partial charge in [0.25, 0.3) is 5.91 Å². The number of thiophene rings is 1. The number of carbonyl (C=O) groups excluding carboxylic acids is 1. The van der Waals surface area contributed by atoms with Crippen molar-refractivity contribution in [3.05, 3.63) is 59.5 Å². The third kappa shape index (κ3) is 4.56. The zero-order valence-electron chi connectivity index (χ0n) is 16.5. The fraction of sp³-hybridized carbons (Fsp3) is 0.318. The zero-order valence-corrected chi connectivity index (χ0v) is 17.3. The number of amides is 1. The molecule has 6 nitrogen and oxygen atoms in total. The van der Waals surface area contributed by atoms with Crippen LogP contribution in [-0.4, -0.2) is 53.8 Å². The van der Waals surface area contributed by atoms with Gasteiger partial charge in [-0.25, -0.2) is 0 Å². The number of piperazine rings is 1. The summed E-state index contributed by atoms with van der Waals surface area (Å²) in [6, 6.07) is 15.9. The van der Waals surface area contributed by atoms with Crippen LogP contribution in [0.3, 0.4) is 0 Å². The molecule has 1 saturated heterocycles. The summed E-state index contributed by atoms with van der Waals surface area (Å²) >= 11 is 1.65. The fourth-order valence-corrected chi connectivity index (χ4v) is 4.09. The normalized spacial score (nSPS) is 14.1. The van der Waals surface area contributed by atoms with Gasteiger partial charge in [0.05, 0.1) is 4.88 Å². The minimum atomic E-state index is 0.0229. The van der Waals surface area contributed by atoms with Crippen LogP contribution in [0.5, 0.6) is 5.75 Å². The summed E-state index contributed by atoms with van der Waals surface area (Å²) in [5.41, 5.74) is 2.01. The second-order valence-corrected chi connectivity index (χ2v) is 7.82. The van der Waals surface area contributed by atoms with Gasteiger partial charge < -0.3 is 14.5 Å². The van der Waals surface area contributed by atoms with Gasteiger partial charge in [0, 0.05) is 26.2 Å². The van der Waals surface area contributed by atoms with E-state index < -0.39 is 0 Å². The minimum Gasteiger partial charge on any atom is -0.483 e. The Hall–Kier alpha value is -2.93. The molecular weight excluding hydrogens is 384 g/mol. The molecule has 1 aromatic carbocycles. The molecule has 4 rings (SSSR count). The molecule has 29 heavy (non-hydrogen) atoms. The molecule has 1 aliphatic heterocycles. The number of nitrogens with zero attached hydrogens (tertiary/aromatic N) is 4. The first-order valence-electron chi connectivity index (χ1n) is 9.85. The average Bonchev–Trinajstić information content (AvgIpc) is 3.33. The Bertz CT molecular complexity index is 936. The Morgan fingerprint density at radius 1 is 1.03 bits per heavy atom. The van der Waals surface area contributed by atoms with Gasteiger partial charge in [0.2, 0.25) is 0 Å². The largest absolute Gasteiger partial charge is 0.483 e. The van der Waals surface area contributed by atoms with Crippen LogP contribution in [0.4, 0.5) is 5.82 Å². The highest BCUT2D eigenvalue weighted by molar-refractivity contribution is 7.13. The van der Waals surface area contributed by atoms with Crippen molar-refractivity contribution in [2.75, 3.05) is 37.7 Å². The first kappa shape index (κ1) is 19.4. The zero-order chi connectivity index (χ0) is 20.1. The lowest BCUT2D eigenvalue weighted by Gasteiger charge is -2.35. The molecular formula is C22H24N4O2S. The molecule has 0 N–H and O–H groups in total. The molecule has 1 fully saturated rings. The van der Waals surface area contributed by atoms with Crippen LogP contribution in [-0.2, 0) is 11.2 Å². The molecule has 0 bridgehead atoms. The highest BCUT2D eigenvalue weighted by atomic mass is 32.1. The van der Waals surface area contributed by atoms with E-state index in [9.17, 15) is 4.79 Å². The van der Waals surface area contributed by atoms with Crippen LogP contribution in [0.1, 0.15) is 12.5 Å². The Balaban J connectivity index is 1.29. The maximum atomic E-state index is 12.5. The van der Waals surface area contributed by atoms with Crippen LogP contribution in [0.25, 0.3) is 10.6 Å². The minimum absolute atomic E-state index is 0.0229. The van der Waals surface area contributed by atoms with Crippen molar-refractivity contribution >= 4 is 23.1 Å². The summed E-state index contributed by atoms with van der Waals surface area (Å²) in [4.78, 5) is 17.7. The molecule has 150 valence electrons. The molecule has 0 radical (unpaired) electrons. The molecule has 3 aromatic rings. The van der Waals surface area contributed by atoms with Crippen LogP contribution < -0.4 is 9.64 Å². The van der Waals surface area contributed by atoms with Gasteiger partial charge >= 0.3 is 0 Å². The quantitative estimate of drug-likeness (QED) is 0.625. The van der Waals surface area contributed by atoms with E-state index in [1.165, 1.54) is 0 Å². The number of anilines is 1. The third-order valence-electron chi connectivity index (χ3n) is 5.09. The lowest BCUT2D eigenvalue weighted by Crippen LogP contribution is -2.50. The van der Waals surface area contributed by atoms with Gasteiger partial charge in [0.1, 0.15) is 11.4 Å². The Labute approximate surface area is 174 Å². The number of hydrogen-bond acceptors (Lipinski definition) is 6. The van der Waals surface area contributed by atoms with Crippen LogP contribution >= 0.6 is 11.3 Å². The van der Waals surface area contributed by atoms with E-state index in [1.807, 2.05) is 58.8 Å². The summed E-state index contributed by atoms with van der Waals surface area (Å²) in [7, 11) is 0. The number of ether oxygens (including phenoxy) is 1. The van der Waals surface area contributed by atoms with Crippen molar-refractivity contribution in [3.8, 4) is 16.3 Å². The predicted octanol–water partition coefficient (Wildman–Crippen LogP) is 3.50. The van der Waals surface area contributed by atoms with Crippen molar-refractivity contribution < 1.29 is 9.53 Å². The summed E-state index contributed by atoms with van der Waals surface area (Å²) in [6.45, 7) is 4.96. The van der Waals surface area contributed by atoms with E-state index in [0.717, 1.165) is 47.2 Å². The van der Waals surface area contributed by atoms with Crippen LogP contribution in [0.15, 0.2) is 53.9 Å². The summed E-state index contributed by atoms with van der Waals surface area (Å²) in [6.07, 6.45) is 0.884. The van der Waals surface area contributed by atoms with Crippen molar-refractivity contribution in [1.29, 1.82) is 0 Å². The number of hydrogen-bond donors (Lipinski definition) is 0. The standard InChI is InChI=1S/C22H24N4O2S/c1-2-17-6-3-4-7-19(17)28-16-22(27)26-13-11-25(12-14-26)21-10-9-18(23-24-21)20-8-5-15-29-20/h3-10,15H,2,11-14,16H2,1H3. The molecule has 1 aliphatic rings. The molecule has 0 spiro atoms. The van der Waals surface area contributed by atoms with E-state index in [2.05, 4.69) is 22.0 Å².